The lowest BCUT2D eigenvalue weighted by Crippen LogP contribution is -2.44. The molecule has 5 nitrogen and oxygen atoms in total. The summed E-state index contributed by atoms with van der Waals surface area (Å²) in [7, 11) is -3.38. The molecule has 0 radical (unpaired) electrons. The van der Waals surface area contributed by atoms with Crippen LogP contribution in [0.2, 0.25) is 0 Å². The van der Waals surface area contributed by atoms with Crippen LogP contribution in [0.5, 0.6) is 0 Å². The summed E-state index contributed by atoms with van der Waals surface area (Å²) in [6.07, 6.45) is -4.35. The van der Waals surface area contributed by atoms with Crippen molar-refractivity contribution < 1.29 is 35.9 Å². The van der Waals surface area contributed by atoms with Gasteiger partial charge in [-0.3, -0.25) is 4.79 Å². The van der Waals surface area contributed by atoms with Crippen molar-refractivity contribution in [1.29, 1.82) is 0 Å². The number of rotatable bonds is 5. The van der Waals surface area contributed by atoms with Gasteiger partial charge in [0.25, 0.3) is 5.91 Å². The highest BCUT2D eigenvalue weighted by Crippen LogP contribution is 2.55. The molecule has 1 fully saturated rings. The fourth-order valence-electron chi connectivity index (χ4n) is 4.91. The normalized spacial score (nSPS) is 18.3. The van der Waals surface area contributed by atoms with Crippen LogP contribution in [0.4, 0.5) is 23.2 Å². The van der Waals surface area contributed by atoms with Crippen molar-refractivity contribution in [2.24, 2.45) is 0 Å². The number of alkyl halides is 3. The molecule has 1 amide bonds. The highest BCUT2D eigenvalue weighted by molar-refractivity contribution is 7.91. The molecular formula is C29H23F4NO4S. The third-order valence-electron chi connectivity index (χ3n) is 7.17. The first-order valence-electron chi connectivity index (χ1n) is 12.2. The Labute approximate surface area is 222 Å². The number of nitrogens with one attached hydrogen (secondary N) is 1. The van der Waals surface area contributed by atoms with E-state index in [1.165, 1.54) is 18.2 Å². The number of hydrogen-bond acceptors (Lipinski definition) is 4. The van der Waals surface area contributed by atoms with Crippen molar-refractivity contribution in [3.05, 3.63) is 94.8 Å². The van der Waals surface area contributed by atoms with Crippen LogP contribution >= 0.6 is 0 Å². The molecule has 0 aromatic heterocycles. The molecule has 1 atom stereocenters. The van der Waals surface area contributed by atoms with Crippen LogP contribution < -0.4 is 5.32 Å². The van der Waals surface area contributed by atoms with Gasteiger partial charge >= 0.3 is 6.18 Å². The molecule has 39 heavy (non-hydrogen) atoms. The van der Waals surface area contributed by atoms with Gasteiger partial charge in [-0.1, -0.05) is 30.0 Å². The molecular weight excluding hydrogens is 534 g/mol. The number of carbonyl (C=O) groups excluding carboxylic acids is 1. The number of carbonyl (C=O) groups is 1. The number of hydrogen-bond donors (Lipinski definition) is 2. The molecule has 1 aliphatic heterocycles. The number of anilines is 1. The second-order valence-corrected chi connectivity index (χ2v) is 12.0. The Hall–Kier alpha value is -3.68. The molecule has 1 heterocycles. The average Bonchev–Trinajstić information content (AvgIpc) is 3.59. The summed E-state index contributed by atoms with van der Waals surface area (Å²) in [4.78, 5) is 13.7. The Morgan fingerprint density at radius 3 is 2.41 bits per heavy atom. The predicted octanol–water partition coefficient (Wildman–Crippen LogP) is 5.02. The smallest absolute Gasteiger partial charge is 0.369 e. The van der Waals surface area contributed by atoms with Crippen LogP contribution in [0.3, 0.4) is 0 Å². The van der Waals surface area contributed by atoms with Gasteiger partial charge in [0.1, 0.15) is 5.82 Å². The first kappa shape index (κ1) is 26.9. The van der Waals surface area contributed by atoms with E-state index in [2.05, 4.69) is 17.2 Å². The van der Waals surface area contributed by atoms with Crippen LogP contribution in [0.25, 0.3) is 0 Å². The minimum atomic E-state index is -4.69. The standard InChI is InChI=1S/C29H23F4NO4S/c30-24-8-6-21(29(31,32)33)17-23(24)27(13-14-27)18-28(36,12-10-19-4-2-1-3-5-19)26(35)34-22-7-9-25-20(16-22)11-15-39(25,37)38/h1-9,16-17,36H,11,13-15,18H2,(H,34,35). The van der Waals surface area contributed by atoms with Gasteiger partial charge in [0, 0.05) is 23.1 Å². The average molecular weight is 558 g/mol. The second-order valence-electron chi connectivity index (χ2n) is 9.97. The van der Waals surface area contributed by atoms with E-state index in [1.54, 1.807) is 30.3 Å². The van der Waals surface area contributed by atoms with Gasteiger partial charge < -0.3 is 10.4 Å². The molecule has 1 saturated carbocycles. The maximum atomic E-state index is 14.8. The highest BCUT2D eigenvalue weighted by Gasteiger charge is 2.54. The van der Waals surface area contributed by atoms with Crippen molar-refractivity contribution >= 4 is 21.4 Å². The zero-order valence-corrected chi connectivity index (χ0v) is 21.3. The molecule has 10 heteroatoms. The van der Waals surface area contributed by atoms with Gasteiger partial charge in [0.15, 0.2) is 9.84 Å². The zero-order valence-electron chi connectivity index (χ0n) is 20.5. The number of amides is 1. The zero-order chi connectivity index (χ0) is 28.1. The molecule has 2 N–H and O–H groups in total. The number of aliphatic hydroxyl groups is 1. The molecule has 1 aliphatic carbocycles. The SMILES string of the molecule is O=C(Nc1ccc2c(c1)CCS2(=O)=O)C(O)(C#Cc1ccccc1)CC1(c2cc(C(F)(F)F)ccc2F)CC1. The first-order chi connectivity index (χ1) is 18.3. The lowest BCUT2D eigenvalue weighted by molar-refractivity contribution is -0.137. The number of halogens is 4. The van der Waals surface area contributed by atoms with Gasteiger partial charge in [0.05, 0.1) is 16.2 Å². The van der Waals surface area contributed by atoms with Crippen molar-refractivity contribution in [1.82, 2.24) is 0 Å². The van der Waals surface area contributed by atoms with Crippen molar-refractivity contribution in [2.75, 3.05) is 11.1 Å². The fourth-order valence-corrected chi connectivity index (χ4v) is 6.46. The summed E-state index contributed by atoms with van der Waals surface area (Å²) in [6.45, 7) is 0. The second kappa shape index (κ2) is 9.50. The summed E-state index contributed by atoms with van der Waals surface area (Å²) in [5, 5.41) is 14.2. The molecule has 3 aromatic rings. The van der Waals surface area contributed by atoms with E-state index in [9.17, 15) is 35.9 Å². The van der Waals surface area contributed by atoms with E-state index in [1.807, 2.05) is 0 Å². The van der Waals surface area contributed by atoms with Crippen LogP contribution in [0.1, 0.15) is 41.5 Å². The van der Waals surface area contributed by atoms with Crippen molar-refractivity contribution in [3.63, 3.8) is 0 Å². The first-order valence-corrected chi connectivity index (χ1v) is 13.8. The molecule has 0 saturated heterocycles. The van der Waals surface area contributed by atoms with Crippen molar-refractivity contribution in [3.8, 4) is 11.8 Å². The van der Waals surface area contributed by atoms with Gasteiger partial charge in [-0.15, -0.1) is 0 Å². The van der Waals surface area contributed by atoms with E-state index in [0.29, 0.717) is 17.2 Å². The molecule has 5 rings (SSSR count). The summed E-state index contributed by atoms with van der Waals surface area (Å²) in [5.74, 6) is 3.46. The Balaban J connectivity index is 1.50. The van der Waals surface area contributed by atoms with Gasteiger partial charge in [-0.05, 0) is 78.9 Å². The summed E-state index contributed by atoms with van der Waals surface area (Å²) in [5.41, 5.74) is -3.65. The summed E-state index contributed by atoms with van der Waals surface area (Å²) in [6, 6.07) is 14.9. The summed E-state index contributed by atoms with van der Waals surface area (Å²) >= 11 is 0. The van der Waals surface area contributed by atoms with Gasteiger partial charge in [0.2, 0.25) is 5.60 Å². The number of fused-ring (bicyclic) bond motifs is 1. The lowest BCUT2D eigenvalue weighted by Gasteiger charge is -2.28. The van der Waals surface area contributed by atoms with E-state index >= 15 is 0 Å². The third kappa shape index (κ3) is 5.42. The van der Waals surface area contributed by atoms with E-state index < -0.39 is 50.7 Å². The maximum absolute atomic E-state index is 14.8. The van der Waals surface area contributed by atoms with Crippen LogP contribution in [-0.4, -0.2) is 30.8 Å². The van der Waals surface area contributed by atoms with Crippen LogP contribution in [-0.2, 0) is 32.6 Å². The Kier molecular flexibility index (Phi) is 6.56. The predicted molar refractivity (Wildman–Crippen MR) is 136 cm³/mol. The Morgan fingerprint density at radius 2 is 1.74 bits per heavy atom. The number of benzene rings is 3. The van der Waals surface area contributed by atoms with Gasteiger partial charge in [-0.25, -0.2) is 12.8 Å². The monoisotopic (exact) mass is 557 g/mol. The number of sulfone groups is 1. The highest BCUT2D eigenvalue weighted by atomic mass is 32.2. The molecule has 2 aliphatic rings. The largest absolute Gasteiger partial charge is 0.416 e. The Morgan fingerprint density at radius 1 is 1.03 bits per heavy atom. The fraction of sp³-hybridized carbons (Fsp3) is 0.276. The maximum Gasteiger partial charge on any atom is 0.416 e. The molecule has 202 valence electrons. The molecule has 0 bridgehead atoms. The van der Waals surface area contributed by atoms with Crippen molar-refractivity contribution in [2.45, 2.75) is 47.8 Å². The molecule has 3 aromatic carbocycles. The lowest BCUT2D eigenvalue weighted by atomic mass is 9.81. The van der Waals surface area contributed by atoms with Gasteiger partial charge in [-0.2, -0.15) is 13.2 Å². The quantitative estimate of drug-likeness (QED) is 0.341. The molecule has 0 spiro atoms. The minimum Gasteiger partial charge on any atom is -0.369 e. The summed E-state index contributed by atoms with van der Waals surface area (Å²) < 4.78 is 79.2. The molecule has 1 unspecified atom stereocenters. The van der Waals surface area contributed by atoms with E-state index in [-0.39, 0.29) is 41.2 Å². The van der Waals surface area contributed by atoms with E-state index in [0.717, 1.165) is 12.1 Å². The van der Waals surface area contributed by atoms with Crippen LogP contribution in [0.15, 0.2) is 71.6 Å². The van der Waals surface area contributed by atoms with Crippen LogP contribution in [0, 0.1) is 17.7 Å². The Bertz CT molecular complexity index is 1620. The number of aryl methyl sites for hydroxylation is 1. The minimum absolute atomic E-state index is 0.0443. The third-order valence-corrected chi connectivity index (χ3v) is 8.98. The van der Waals surface area contributed by atoms with E-state index in [4.69, 9.17) is 0 Å². The topological polar surface area (TPSA) is 83.5 Å².